The van der Waals surface area contributed by atoms with Crippen molar-refractivity contribution >= 4 is 43.9 Å². The van der Waals surface area contributed by atoms with Crippen LogP contribution >= 0.6 is 8.53 Å². The van der Waals surface area contributed by atoms with Crippen LogP contribution in [-0.2, 0) is 67.0 Å². The molecule has 458 valence electrons. The number of ether oxygens (including phenoxy) is 8. The first-order valence-corrected chi connectivity index (χ1v) is 30.2. The van der Waals surface area contributed by atoms with Gasteiger partial charge in [-0.15, -0.1) is 0 Å². The second kappa shape index (κ2) is 35.7. The lowest BCUT2D eigenvalue weighted by molar-refractivity contribution is -0.277. The number of hydrogen-bond acceptors (Lipinski definition) is 17. The number of esters is 3. The minimum absolute atomic E-state index is 0.0392. The molecule has 20 heteroatoms. The molecule has 0 aliphatic carbocycles. The molecule has 1 fully saturated rings. The quantitative estimate of drug-likeness (QED) is 0.0142. The fourth-order valence-corrected chi connectivity index (χ4v) is 11.9. The van der Waals surface area contributed by atoms with Crippen LogP contribution in [0, 0.1) is 11.3 Å². The van der Waals surface area contributed by atoms with Crippen LogP contribution in [-0.4, -0.2) is 118 Å². The molecule has 2 N–H and O–H groups in total. The molecule has 4 aromatic carbocycles. The summed E-state index contributed by atoms with van der Waals surface area (Å²) in [6, 6.07) is 34.7. The van der Waals surface area contributed by atoms with Gasteiger partial charge in [0, 0.05) is 58.5 Å². The molecule has 7 atom stereocenters. The lowest BCUT2D eigenvalue weighted by Crippen LogP contribution is -2.66. The molecular formula is C64H87N4O15P. The standard InChI is InChI=1S/C64H87N4O15P/c1-44(2)68(45(3)4)84(79-40-24-38-65)83-57(43-78-64(51-26-19-18-20-27-51,52-30-34-55(74-9)35-31-52)53-32-36-56(75-10)37-33-53)50-25-23-28-54(41-50)67-59(73)29-21-16-14-12-11-13-15-17-22-39-76-63-60(66-46(5)69)62(81-49(8)72)61(80-48(7)71)58(82-63)42-77-47(6)70/h18-20,23,25-28,30-37,41,44-45,57-58,60-63H,11-17,21-22,24,29,39-40,42-43H2,1-10H3,(H,66,69)(H,67,73). The molecule has 0 bridgehead atoms. The van der Waals surface area contributed by atoms with Gasteiger partial charge in [0.2, 0.25) is 11.8 Å². The van der Waals surface area contributed by atoms with Gasteiger partial charge < -0.3 is 57.6 Å². The van der Waals surface area contributed by atoms with Crippen molar-refractivity contribution in [3.05, 3.63) is 125 Å². The molecule has 5 rings (SSSR count). The first-order chi connectivity index (χ1) is 40.4. The van der Waals surface area contributed by atoms with Gasteiger partial charge in [-0.05, 0) is 99.2 Å². The number of anilines is 1. The number of benzene rings is 4. The van der Waals surface area contributed by atoms with E-state index in [0.29, 0.717) is 30.0 Å². The van der Waals surface area contributed by atoms with Crippen LogP contribution in [0.3, 0.4) is 0 Å². The summed E-state index contributed by atoms with van der Waals surface area (Å²) >= 11 is 0. The van der Waals surface area contributed by atoms with Crippen LogP contribution in [0.15, 0.2) is 103 Å². The zero-order valence-corrected chi connectivity index (χ0v) is 51.4. The Morgan fingerprint density at radius 3 is 1.77 bits per heavy atom. The van der Waals surface area contributed by atoms with Crippen LogP contribution in [0.1, 0.15) is 154 Å². The zero-order chi connectivity index (χ0) is 61.0. The van der Waals surface area contributed by atoms with Gasteiger partial charge in [-0.1, -0.05) is 112 Å². The molecule has 0 aromatic heterocycles. The first kappa shape index (κ1) is 68.3. The second-order valence-corrected chi connectivity index (χ2v) is 22.6. The van der Waals surface area contributed by atoms with Crippen molar-refractivity contribution < 1.29 is 70.9 Å². The smallest absolute Gasteiger partial charge is 0.303 e. The van der Waals surface area contributed by atoms with Gasteiger partial charge in [-0.25, -0.2) is 4.67 Å². The third kappa shape index (κ3) is 21.2. The van der Waals surface area contributed by atoms with E-state index >= 15 is 0 Å². The molecule has 4 aromatic rings. The van der Waals surface area contributed by atoms with Crippen molar-refractivity contribution in [2.24, 2.45) is 0 Å². The highest BCUT2D eigenvalue weighted by atomic mass is 31.2. The van der Waals surface area contributed by atoms with Gasteiger partial charge in [-0.2, -0.15) is 5.26 Å². The predicted octanol–water partition coefficient (Wildman–Crippen LogP) is 11.6. The molecule has 1 aliphatic heterocycles. The van der Waals surface area contributed by atoms with E-state index in [1.807, 2.05) is 103 Å². The number of unbranched alkanes of at least 4 members (excludes halogenated alkanes) is 8. The van der Waals surface area contributed by atoms with Crippen molar-refractivity contribution in [1.29, 1.82) is 5.26 Å². The molecule has 1 aliphatic rings. The van der Waals surface area contributed by atoms with Crippen molar-refractivity contribution in [2.45, 2.75) is 180 Å². The number of carbonyl (C=O) groups is 5. The van der Waals surface area contributed by atoms with Gasteiger partial charge in [0.1, 0.15) is 42.0 Å². The van der Waals surface area contributed by atoms with Crippen LogP contribution in [0.5, 0.6) is 11.5 Å². The molecule has 19 nitrogen and oxygen atoms in total. The Bertz CT molecular complexity index is 2630. The average Bonchev–Trinajstić information content (AvgIpc) is 3.49. The minimum Gasteiger partial charge on any atom is -0.497 e. The number of rotatable bonds is 36. The van der Waals surface area contributed by atoms with Crippen LogP contribution < -0.4 is 20.1 Å². The molecule has 2 amide bonds. The Hall–Kier alpha value is -6.49. The van der Waals surface area contributed by atoms with E-state index in [0.717, 1.165) is 73.6 Å². The number of methoxy groups -OCH3 is 2. The number of nitriles is 1. The topological polar surface area (TPSA) is 229 Å². The molecule has 84 heavy (non-hydrogen) atoms. The van der Waals surface area contributed by atoms with Crippen LogP contribution in [0.25, 0.3) is 0 Å². The third-order valence-corrected chi connectivity index (χ3v) is 16.1. The molecule has 1 heterocycles. The van der Waals surface area contributed by atoms with Gasteiger partial charge in [-0.3, -0.25) is 24.0 Å². The zero-order valence-electron chi connectivity index (χ0n) is 50.5. The number of nitrogens with one attached hydrogen (secondary N) is 2. The SMILES string of the molecule is COc1ccc(C(OCC(OP(OCCC#N)N(C(C)C)C(C)C)c2cccc(NC(=O)CCCCCCCCCCCOC3OC(COC(C)=O)C(OC(C)=O)C(OC(C)=O)C3NC(C)=O)c2)(c2ccccc2)c2ccc(OC)cc2)cc1. The van der Waals surface area contributed by atoms with Crippen molar-refractivity contribution in [3.63, 3.8) is 0 Å². The third-order valence-electron chi connectivity index (χ3n) is 13.9. The molecule has 1 saturated heterocycles. The average molecular weight is 1180 g/mol. The van der Waals surface area contributed by atoms with Gasteiger partial charge in [0.15, 0.2) is 18.5 Å². The van der Waals surface area contributed by atoms with Crippen molar-refractivity contribution in [1.82, 2.24) is 9.99 Å². The maximum absolute atomic E-state index is 13.6. The van der Waals surface area contributed by atoms with Gasteiger partial charge in [0.05, 0.1) is 39.9 Å². The highest BCUT2D eigenvalue weighted by Crippen LogP contribution is 2.51. The molecule has 0 spiro atoms. The summed E-state index contributed by atoms with van der Waals surface area (Å²) < 4.78 is 62.8. The maximum Gasteiger partial charge on any atom is 0.303 e. The summed E-state index contributed by atoms with van der Waals surface area (Å²) in [5, 5.41) is 15.4. The summed E-state index contributed by atoms with van der Waals surface area (Å²) in [5.41, 5.74) is 2.83. The predicted molar refractivity (Wildman–Crippen MR) is 319 cm³/mol. The lowest BCUT2D eigenvalue weighted by atomic mass is 9.80. The van der Waals surface area contributed by atoms with Crippen LogP contribution in [0.4, 0.5) is 5.69 Å². The summed E-state index contributed by atoms with van der Waals surface area (Å²) in [5.74, 6) is -1.07. The fourth-order valence-electron chi connectivity index (χ4n) is 10.2. The molecule has 7 unspecified atom stereocenters. The van der Waals surface area contributed by atoms with Crippen molar-refractivity contribution in [3.8, 4) is 17.6 Å². The van der Waals surface area contributed by atoms with E-state index in [4.69, 9.17) is 46.9 Å². The van der Waals surface area contributed by atoms with E-state index in [1.54, 1.807) is 14.2 Å². The Balaban J connectivity index is 1.20. The van der Waals surface area contributed by atoms with E-state index < -0.39 is 74.7 Å². The maximum atomic E-state index is 13.6. The largest absolute Gasteiger partial charge is 0.497 e. The summed E-state index contributed by atoms with van der Waals surface area (Å²) in [6.45, 7) is 13.5. The van der Waals surface area contributed by atoms with E-state index in [9.17, 15) is 29.2 Å². The summed E-state index contributed by atoms with van der Waals surface area (Å²) in [4.78, 5) is 61.8. The van der Waals surface area contributed by atoms with E-state index in [-0.39, 0.29) is 50.8 Å². The highest BCUT2D eigenvalue weighted by molar-refractivity contribution is 7.44. The molecule has 0 saturated carbocycles. The Morgan fingerprint density at radius 1 is 0.679 bits per heavy atom. The van der Waals surface area contributed by atoms with Gasteiger partial charge >= 0.3 is 17.9 Å². The van der Waals surface area contributed by atoms with Gasteiger partial charge in [0.25, 0.3) is 8.53 Å². The molecule has 0 radical (unpaired) electrons. The Morgan fingerprint density at radius 2 is 1.24 bits per heavy atom. The monoisotopic (exact) mass is 1180 g/mol. The number of nitrogens with zero attached hydrogens (tertiary/aromatic N) is 2. The number of amides is 2. The Kier molecular flexibility index (Phi) is 29.0. The second-order valence-electron chi connectivity index (χ2n) is 21.2. The summed E-state index contributed by atoms with van der Waals surface area (Å²) in [6.07, 6.45) is 3.57. The number of carbonyl (C=O) groups excluding carboxylic acids is 5. The van der Waals surface area contributed by atoms with Crippen molar-refractivity contribution in [2.75, 3.05) is 46.0 Å². The lowest BCUT2D eigenvalue weighted by Gasteiger charge is -2.44. The highest BCUT2D eigenvalue weighted by Gasteiger charge is 2.51. The first-order valence-electron chi connectivity index (χ1n) is 29.1. The molecular weight excluding hydrogens is 1100 g/mol. The number of hydrogen-bond donors (Lipinski definition) is 2. The van der Waals surface area contributed by atoms with Crippen LogP contribution in [0.2, 0.25) is 0 Å². The Labute approximate surface area is 497 Å². The van der Waals surface area contributed by atoms with E-state index in [2.05, 4.69) is 49.1 Å². The normalized spacial score (nSPS) is 17.6. The fraction of sp³-hybridized carbons (Fsp3) is 0.531. The minimum atomic E-state index is -1.73. The van der Waals surface area contributed by atoms with E-state index in [1.165, 1.54) is 27.7 Å². The summed E-state index contributed by atoms with van der Waals surface area (Å²) in [7, 11) is 1.54.